The minimum absolute atomic E-state index is 0.300. The highest BCUT2D eigenvalue weighted by atomic mass is 127. The van der Waals surface area contributed by atoms with E-state index in [0.29, 0.717) is 10.6 Å². The summed E-state index contributed by atoms with van der Waals surface area (Å²) in [5.74, 6) is 0.419. The molecular weight excluding hydrogens is 698 g/mol. The molecule has 4 aromatic rings. The van der Waals surface area contributed by atoms with Crippen LogP contribution < -0.4 is 15.5 Å². The van der Waals surface area contributed by atoms with Crippen LogP contribution in [0.1, 0.15) is 15.9 Å². The van der Waals surface area contributed by atoms with E-state index < -0.39 is 0 Å². The average molecular weight is 715 g/mol. The molecule has 2 N–H and O–H groups in total. The highest BCUT2D eigenvalue weighted by Gasteiger charge is 2.10. The van der Waals surface area contributed by atoms with E-state index >= 15 is 0 Å². The number of anilines is 2. The molecule has 1 aromatic heterocycles. The van der Waals surface area contributed by atoms with Crippen molar-refractivity contribution in [3.63, 3.8) is 0 Å². The number of benzene rings is 3. The molecule has 0 saturated heterocycles. The van der Waals surface area contributed by atoms with Gasteiger partial charge in [0.1, 0.15) is 5.75 Å². The number of ether oxygens (including phenoxy) is 1. The van der Waals surface area contributed by atoms with Gasteiger partial charge >= 0.3 is 0 Å². The molecule has 1 heterocycles. The van der Waals surface area contributed by atoms with Crippen molar-refractivity contribution in [2.45, 2.75) is 0 Å². The SMILES string of the molecule is COc1c(I)cc(I)cc1/C=N\NC(=O)c1ccc(-c2csc(Nc3ccc(Cl)cc3)n2)cc1. The van der Waals surface area contributed by atoms with Crippen LogP contribution >= 0.6 is 68.1 Å². The number of hydrogen-bond acceptors (Lipinski definition) is 6. The predicted octanol–water partition coefficient (Wildman–Crippen LogP) is 7.19. The zero-order chi connectivity index (χ0) is 24.1. The third-order valence-electron chi connectivity index (χ3n) is 4.65. The average Bonchev–Trinajstić information content (AvgIpc) is 3.29. The Morgan fingerprint density at radius 1 is 1.12 bits per heavy atom. The lowest BCUT2D eigenvalue weighted by atomic mass is 10.1. The number of halogens is 3. The van der Waals surface area contributed by atoms with Gasteiger partial charge in [-0.1, -0.05) is 23.7 Å². The number of amides is 1. The van der Waals surface area contributed by atoms with Gasteiger partial charge in [0.25, 0.3) is 5.91 Å². The lowest BCUT2D eigenvalue weighted by Crippen LogP contribution is -2.17. The molecule has 10 heteroatoms. The Bertz CT molecular complexity index is 1340. The van der Waals surface area contributed by atoms with Gasteiger partial charge in [-0.2, -0.15) is 5.10 Å². The quantitative estimate of drug-likeness (QED) is 0.121. The fraction of sp³-hybridized carbons (Fsp3) is 0.0417. The molecule has 0 atom stereocenters. The van der Waals surface area contributed by atoms with E-state index in [0.717, 1.165) is 40.5 Å². The van der Waals surface area contributed by atoms with E-state index in [1.54, 1.807) is 25.5 Å². The Morgan fingerprint density at radius 2 is 1.85 bits per heavy atom. The fourth-order valence-electron chi connectivity index (χ4n) is 3.03. The molecule has 0 saturated carbocycles. The van der Waals surface area contributed by atoms with Crippen LogP contribution in [0.2, 0.25) is 5.02 Å². The summed E-state index contributed by atoms with van der Waals surface area (Å²) in [6.45, 7) is 0. The lowest BCUT2D eigenvalue weighted by Gasteiger charge is -2.08. The Labute approximate surface area is 233 Å². The zero-order valence-corrected chi connectivity index (χ0v) is 23.6. The number of nitrogens with zero attached hydrogens (tertiary/aromatic N) is 2. The number of hydrogen-bond donors (Lipinski definition) is 2. The molecular formula is C24H17ClI2N4O2S. The summed E-state index contributed by atoms with van der Waals surface area (Å²) < 4.78 is 7.47. The molecule has 6 nitrogen and oxygen atoms in total. The van der Waals surface area contributed by atoms with Crippen LogP contribution in [0.5, 0.6) is 5.75 Å². The Balaban J connectivity index is 1.40. The first kappa shape index (κ1) is 24.9. The topological polar surface area (TPSA) is 75.6 Å². The summed E-state index contributed by atoms with van der Waals surface area (Å²) in [6.07, 6.45) is 1.58. The molecule has 34 heavy (non-hydrogen) atoms. The van der Waals surface area contributed by atoms with Crippen LogP contribution in [0.4, 0.5) is 10.8 Å². The summed E-state index contributed by atoms with van der Waals surface area (Å²) >= 11 is 11.9. The van der Waals surface area contributed by atoms with E-state index in [2.05, 4.69) is 66.0 Å². The maximum atomic E-state index is 12.5. The van der Waals surface area contributed by atoms with Gasteiger partial charge < -0.3 is 10.1 Å². The molecule has 3 aromatic carbocycles. The van der Waals surface area contributed by atoms with Gasteiger partial charge in [-0.3, -0.25) is 4.79 Å². The molecule has 0 bridgehead atoms. The molecule has 0 spiro atoms. The number of nitrogens with one attached hydrogen (secondary N) is 2. The van der Waals surface area contributed by atoms with E-state index in [9.17, 15) is 4.79 Å². The largest absolute Gasteiger partial charge is 0.495 e. The first-order chi connectivity index (χ1) is 16.4. The smallest absolute Gasteiger partial charge is 0.271 e. The molecule has 172 valence electrons. The molecule has 0 fully saturated rings. The van der Waals surface area contributed by atoms with Crippen molar-refractivity contribution in [1.29, 1.82) is 0 Å². The minimum atomic E-state index is -0.300. The van der Waals surface area contributed by atoms with Gasteiger partial charge in [-0.15, -0.1) is 11.3 Å². The summed E-state index contributed by atoms with van der Waals surface area (Å²) in [6, 6.07) is 18.6. The predicted molar refractivity (Wildman–Crippen MR) is 156 cm³/mol. The fourth-order valence-corrected chi connectivity index (χ4v) is 6.01. The molecule has 0 aliphatic carbocycles. The van der Waals surface area contributed by atoms with Gasteiger partial charge in [0, 0.05) is 36.4 Å². The highest BCUT2D eigenvalue weighted by Crippen LogP contribution is 2.28. The number of aromatic nitrogens is 1. The second kappa shape index (κ2) is 11.5. The standard InChI is InChI=1S/C24H17ClI2N4O2S/c1-33-22-16(10-18(26)11-20(22)27)12-28-31-23(32)15-4-2-14(3-5-15)21-13-34-24(30-21)29-19-8-6-17(25)7-9-19/h2-13H,1H3,(H,29,30)(H,31,32)/b28-12-. The van der Waals surface area contributed by atoms with Crippen molar-refractivity contribution < 1.29 is 9.53 Å². The van der Waals surface area contributed by atoms with E-state index in [4.69, 9.17) is 16.3 Å². The highest BCUT2D eigenvalue weighted by molar-refractivity contribution is 14.1. The minimum Gasteiger partial charge on any atom is -0.495 e. The Kier molecular flexibility index (Phi) is 8.40. The summed E-state index contributed by atoms with van der Waals surface area (Å²) in [4.78, 5) is 17.1. The number of hydrazone groups is 1. The van der Waals surface area contributed by atoms with E-state index in [-0.39, 0.29) is 5.91 Å². The van der Waals surface area contributed by atoms with Crippen molar-refractivity contribution in [1.82, 2.24) is 10.4 Å². The van der Waals surface area contributed by atoms with Gasteiger partial charge in [-0.05, 0) is 93.7 Å². The van der Waals surface area contributed by atoms with Crippen molar-refractivity contribution in [2.75, 3.05) is 12.4 Å². The number of thiazole rings is 1. The van der Waals surface area contributed by atoms with Crippen LogP contribution in [0.15, 0.2) is 71.1 Å². The zero-order valence-electron chi connectivity index (χ0n) is 17.7. The Morgan fingerprint density at radius 3 is 2.56 bits per heavy atom. The van der Waals surface area contributed by atoms with Crippen molar-refractivity contribution in [2.24, 2.45) is 5.10 Å². The molecule has 0 aliphatic heterocycles. The second-order valence-corrected chi connectivity index (χ2v) is 10.7. The van der Waals surface area contributed by atoms with Crippen molar-refractivity contribution in [3.05, 3.63) is 89.3 Å². The van der Waals surface area contributed by atoms with Crippen molar-refractivity contribution >= 4 is 91.1 Å². The van der Waals surface area contributed by atoms with Crippen LogP contribution in [-0.4, -0.2) is 24.2 Å². The molecule has 4 rings (SSSR count). The van der Waals surface area contributed by atoms with Gasteiger partial charge in [0.05, 0.1) is 22.6 Å². The first-order valence-electron chi connectivity index (χ1n) is 9.88. The van der Waals surface area contributed by atoms with Crippen LogP contribution in [-0.2, 0) is 0 Å². The monoisotopic (exact) mass is 714 g/mol. The summed E-state index contributed by atoms with van der Waals surface area (Å²) in [7, 11) is 1.61. The van der Waals surface area contributed by atoms with E-state index in [1.807, 2.05) is 53.9 Å². The van der Waals surface area contributed by atoms with Gasteiger partial charge in [0.15, 0.2) is 5.13 Å². The number of carbonyl (C=O) groups is 1. The maximum absolute atomic E-state index is 12.5. The molecule has 1 amide bonds. The number of rotatable bonds is 7. The van der Waals surface area contributed by atoms with Gasteiger partial charge in [-0.25, -0.2) is 10.4 Å². The second-order valence-electron chi connectivity index (χ2n) is 6.96. The molecule has 0 unspecified atom stereocenters. The molecule has 0 aliphatic rings. The summed E-state index contributed by atoms with van der Waals surface area (Å²) in [5, 5.41) is 10.8. The third kappa shape index (κ3) is 6.26. The third-order valence-corrected chi connectivity index (χ3v) is 7.09. The van der Waals surface area contributed by atoms with E-state index in [1.165, 1.54) is 11.3 Å². The van der Waals surface area contributed by atoms with Crippen molar-refractivity contribution in [3.8, 4) is 17.0 Å². The summed E-state index contributed by atoms with van der Waals surface area (Å²) in [5.41, 5.74) is 6.52. The lowest BCUT2D eigenvalue weighted by molar-refractivity contribution is 0.0955. The van der Waals surface area contributed by atoms with Crippen LogP contribution in [0, 0.1) is 7.14 Å². The normalized spacial score (nSPS) is 10.9. The van der Waals surface area contributed by atoms with Crippen LogP contribution in [0.3, 0.4) is 0 Å². The Hall–Kier alpha value is -2.22. The van der Waals surface area contributed by atoms with Crippen LogP contribution in [0.25, 0.3) is 11.3 Å². The van der Waals surface area contributed by atoms with Gasteiger partial charge in [0.2, 0.25) is 0 Å². The first-order valence-corrected chi connectivity index (χ1v) is 13.3. The maximum Gasteiger partial charge on any atom is 0.271 e. The number of carbonyl (C=O) groups excluding carboxylic acids is 1. The molecule has 0 radical (unpaired) electrons. The number of methoxy groups -OCH3 is 1.